The number of rotatable bonds is 5. The summed E-state index contributed by atoms with van der Waals surface area (Å²) in [4.78, 5) is 10.9. The first-order valence-electron chi connectivity index (χ1n) is 9.53. The maximum atomic E-state index is 11.4. The van der Waals surface area contributed by atoms with Gasteiger partial charge in [-0.25, -0.2) is 4.98 Å². The molecule has 0 spiro atoms. The van der Waals surface area contributed by atoms with E-state index in [9.17, 15) is 5.11 Å². The molecule has 0 radical (unpaired) electrons. The molecule has 3 heterocycles. The molecular weight excluding hydrogens is 334 g/mol. The van der Waals surface area contributed by atoms with Crippen molar-refractivity contribution in [3.63, 3.8) is 0 Å². The van der Waals surface area contributed by atoms with Gasteiger partial charge in [-0.15, -0.1) is 11.3 Å². The SMILES string of the molecule is CCc1nc(C)sc1CN1CCC(O)(CN2CCOCC2)C(C)(C)C1. The molecule has 0 amide bonds. The molecule has 25 heavy (non-hydrogen) atoms. The smallest absolute Gasteiger partial charge is 0.0900 e. The third-order valence-electron chi connectivity index (χ3n) is 5.90. The Bertz CT molecular complexity index is 583. The number of β-amino-alcohol motifs (C(OH)–C–C–N with tert-alkyl or cyclic N) is 1. The molecule has 0 bridgehead atoms. The van der Waals surface area contributed by atoms with Crippen molar-refractivity contribution in [3.05, 3.63) is 15.6 Å². The van der Waals surface area contributed by atoms with Gasteiger partial charge in [0, 0.05) is 49.6 Å². The lowest BCUT2D eigenvalue weighted by Gasteiger charge is -2.52. The summed E-state index contributed by atoms with van der Waals surface area (Å²) in [5, 5.41) is 12.6. The van der Waals surface area contributed by atoms with Crippen molar-refractivity contribution in [1.29, 1.82) is 0 Å². The number of thiazole rings is 1. The molecular formula is C19H33N3O2S. The summed E-state index contributed by atoms with van der Waals surface area (Å²) in [6.07, 6.45) is 1.83. The summed E-state index contributed by atoms with van der Waals surface area (Å²) in [6, 6.07) is 0. The molecule has 2 aliphatic rings. The van der Waals surface area contributed by atoms with E-state index in [1.165, 1.54) is 10.6 Å². The Kier molecular flexibility index (Phi) is 5.85. The van der Waals surface area contributed by atoms with Gasteiger partial charge in [-0.2, -0.15) is 0 Å². The molecule has 0 saturated carbocycles. The standard InChI is InChI=1S/C19H33N3O2S/c1-5-16-17(25-15(2)20-16)12-22-7-6-19(23,18(3,4)13-22)14-21-8-10-24-11-9-21/h23H,5-14H2,1-4H3. The number of morpholine rings is 1. The summed E-state index contributed by atoms with van der Waals surface area (Å²) in [5.74, 6) is 0. The minimum Gasteiger partial charge on any atom is -0.388 e. The molecule has 142 valence electrons. The van der Waals surface area contributed by atoms with Crippen LogP contribution in [0.25, 0.3) is 0 Å². The molecule has 2 aliphatic heterocycles. The highest BCUT2D eigenvalue weighted by atomic mass is 32.1. The van der Waals surface area contributed by atoms with Crippen molar-refractivity contribution >= 4 is 11.3 Å². The lowest BCUT2D eigenvalue weighted by Crippen LogP contribution is -2.62. The fourth-order valence-electron chi connectivity index (χ4n) is 4.14. The van der Waals surface area contributed by atoms with Crippen LogP contribution in [-0.4, -0.2) is 71.4 Å². The van der Waals surface area contributed by atoms with E-state index in [4.69, 9.17) is 4.74 Å². The number of nitrogens with zero attached hydrogens (tertiary/aromatic N) is 3. The van der Waals surface area contributed by atoms with Crippen LogP contribution in [0.1, 0.15) is 42.8 Å². The van der Waals surface area contributed by atoms with Gasteiger partial charge in [0.1, 0.15) is 0 Å². The average molecular weight is 368 g/mol. The van der Waals surface area contributed by atoms with Crippen LogP contribution >= 0.6 is 11.3 Å². The van der Waals surface area contributed by atoms with E-state index in [0.29, 0.717) is 0 Å². The summed E-state index contributed by atoms with van der Waals surface area (Å²) in [5.41, 5.74) is 0.489. The van der Waals surface area contributed by atoms with Gasteiger partial charge in [0.25, 0.3) is 0 Å². The van der Waals surface area contributed by atoms with Gasteiger partial charge < -0.3 is 9.84 Å². The molecule has 1 aromatic rings. The molecule has 6 heteroatoms. The van der Waals surface area contributed by atoms with Gasteiger partial charge in [0.05, 0.1) is 29.5 Å². The number of aryl methyl sites for hydroxylation is 2. The van der Waals surface area contributed by atoms with E-state index in [1.807, 2.05) is 11.3 Å². The third-order valence-corrected chi connectivity index (χ3v) is 6.89. The second-order valence-corrected chi connectivity index (χ2v) is 9.51. The Balaban J connectivity index is 1.64. The molecule has 2 saturated heterocycles. The Morgan fingerprint density at radius 1 is 1.20 bits per heavy atom. The summed E-state index contributed by atoms with van der Waals surface area (Å²) < 4.78 is 5.44. The highest BCUT2D eigenvalue weighted by Gasteiger charge is 2.48. The van der Waals surface area contributed by atoms with Crippen LogP contribution in [0.4, 0.5) is 0 Å². The molecule has 2 fully saturated rings. The highest BCUT2D eigenvalue weighted by molar-refractivity contribution is 7.11. The van der Waals surface area contributed by atoms with E-state index >= 15 is 0 Å². The Labute approximate surface area is 156 Å². The van der Waals surface area contributed by atoms with Crippen LogP contribution < -0.4 is 0 Å². The monoisotopic (exact) mass is 367 g/mol. The third kappa shape index (κ3) is 4.25. The van der Waals surface area contributed by atoms with Gasteiger partial charge >= 0.3 is 0 Å². The second kappa shape index (κ2) is 7.61. The van der Waals surface area contributed by atoms with Crippen molar-refractivity contribution in [3.8, 4) is 0 Å². The Hall–Kier alpha value is -0.530. The van der Waals surface area contributed by atoms with E-state index in [1.54, 1.807) is 0 Å². The number of hydrogen-bond donors (Lipinski definition) is 1. The molecule has 0 aliphatic carbocycles. The number of aliphatic hydroxyl groups is 1. The van der Waals surface area contributed by atoms with Crippen LogP contribution in [0, 0.1) is 12.3 Å². The lowest BCUT2D eigenvalue weighted by atomic mass is 9.69. The normalized spacial score (nSPS) is 28.4. The summed E-state index contributed by atoms with van der Waals surface area (Å²) in [7, 11) is 0. The van der Waals surface area contributed by atoms with Crippen molar-refractivity contribution in [2.45, 2.75) is 52.7 Å². The first-order valence-corrected chi connectivity index (χ1v) is 10.3. The molecule has 3 rings (SSSR count). The molecule has 1 aromatic heterocycles. The lowest BCUT2D eigenvalue weighted by molar-refractivity contribution is -0.140. The summed E-state index contributed by atoms with van der Waals surface area (Å²) >= 11 is 1.82. The van der Waals surface area contributed by atoms with Gasteiger partial charge in [-0.3, -0.25) is 9.80 Å². The molecule has 1 N–H and O–H groups in total. The van der Waals surface area contributed by atoms with Crippen LogP contribution in [-0.2, 0) is 17.7 Å². The van der Waals surface area contributed by atoms with Gasteiger partial charge in [-0.05, 0) is 19.8 Å². The first-order chi connectivity index (χ1) is 11.8. The van der Waals surface area contributed by atoms with Crippen molar-refractivity contribution < 1.29 is 9.84 Å². The van der Waals surface area contributed by atoms with Gasteiger partial charge in [0.2, 0.25) is 0 Å². The molecule has 1 atom stereocenters. The predicted molar refractivity (Wildman–Crippen MR) is 102 cm³/mol. The molecule has 1 unspecified atom stereocenters. The van der Waals surface area contributed by atoms with Crippen LogP contribution in [0.5, 0.6) is 0 Å². The number of ether oxygens (including phenoxy) is 1. The average Bonchev–Trinajstić information content (AvgIpc) is 2.91. The zero-order valence-electron chi connectivity index (χ0n) is 16.2. The number of hydrogen-bond acceptors (Lipinski definition) is 6. The van der Waals surface area contributed by atoms with E-state index in [-0.39, 0.29) is 5.41 Å². The number of likely N-dealkylation sites (tertiary alicyclic amines) is 1. The van der Waals surface area contributed by atoms with E-state index in [2.05, 4.69) is 42.5 Å². The largest absolute Gasteiger partial charge is 0.388 e. The maximum Gasteiger partial charge on any atom is 0.0900 e. The van der Waals surface area contributed by atoms with Crippen molar-refractivity contribution in [1.82, 2.24) is 14.8 Å². The zero-order valence-corrected chi connectivity index (χ0v) is 17.0. The maximum absolute atomic E-state index is 11.4. The van der Waals surface area contributed by atoms with Gasteiger partial charge in [0.15, 0.2) is 0 Å². The van der Waals surface area contributed by atoms with Gasteiger partial charge in [-0.1, -0.05) is 20.8 Å². The van der Waals surface area contributed by atoms with Crippen LogP contribution in [0.15, 0.2) is 0 Å². The Morgan fingerprint density at radius 3 is 2.56 bits per heavy atom. The molecule has 0 aromatic carbocycles. The minimum atomic E-state index is -0.627. The highest BCUT2D eigenvalue weighted by Crippen LogP contribution is 2.40. The van der Waals surface area contributed by atoms with E-state index in [0.717, 1.165) is 70.3 Å². The second-order valence-electron chi connectivity index (χ2n) is 8.22. The number of piperidine rings is 1. The zero-order chi connectivity index (χ0) is 18.1. The van der Waals surface area contributed by atoms with Crippen molar-refractivity contribution in [2.24, 2.45) is 5.41 Å². The predicted octanol–water partition coefficient (Wildman–Crippen LogP) is 2.31. The molecule has 5 nitrogen and oxygen atoms in total. The minimum absolute atomic E-state index is 0.129. The first kappa shape index (κ1) is 19.2. The van der Waals surface area contributed by atoms with Crippen LogP contribution in [0.2, 0.25) is 0 Å². The number of aromatic nitrogens is 1. The fourth-order valence-corrected chi connectivity index (χ4v) is 5.21. The quantitative estimate of drug-likeness (QED) is 0.865. The summed E-state index contributed by atoms with van der Waals surface area (Å²) in [6.45, 7) is 15.7. The van der Waals surface area contributed by atoms with Crippen molar-refractivity contribution in [2.75, 3.05) is 45.9 Å². The topological polar surface area (TPSA) is 48.8 Å². The van der Waals surface area contributed by atoms with Crippen LogP contribution in [0.3, 0.4) is 0 Å². The fraction of sp³-hybridized carbons (Fsp3) is 0.842. The van der Waals surface area contributed by atoms with E-state index < -0.39 is 5.60 Å². The Morgan fingerprint density at radius 2 is 1.92 bits per heavy atom.